The van der Waals surface area contributed by atoms with Crippen molar-refractivity contribution in [2.24, 2.45) is 0 Å². The molecule has 2 aromatic rings. The molecule has 9 nitrogen and oxygen atoms in total. The molecule has 0 saturated carbocycles. The number of benzene rings is 1. The van der Waals surface area contributed by atoms with Crippen molar-refractivity contribution in [3.63, 3.8) is 0 Å². The number of aromatic nitrogens is 2. The molecule has 0 bridgehead atoms. The molecule has 12 heteroatoms. The topological polar surface area (TPSA) is 137 Å². The van der Waals surface area contributed by atoms with Crippen LogP contribution in [0.4, 0.5) is 5.82 Å². The zero-order chi connectivity index (χ0) is 19.8. The Morgan fingerprint density at radius 1 is 1.26 bits per heavy atom. The van der Waals surface area contributed by atoms with Gasteiger partial charge in [-0.3, -0.25) is 9.13 Å². The number of hydrogen-bond donors (Lipinski definition) is 3. The van der Waals surface area contributed by atoms with Crippen LogP contribution in [0.2, 0.25) is 0 Å². The maximum absolute atomic E-state index is 12.3. The van der Waals surface area contributed by atoms with Crippen molar-refractivity contribution in [1.29, 1.82) is 0 Å². The SMILES string of the molecule is Nc1nc(=O)n([C@@H]2O[C@H](COP(=O)(Cl)Cl)C(O)C2O)cc1-c1ccccc1. The van der Waals surface area contributed by atoms with Gasteiger partial charge in [0.2, 0.25) is 0 Å². The first-order valence-corrected chi connectivity index (χ1v) is 11.2. The number of anilines is 1. The second-order valence-corrected chi connectivity index (χ2v) is 10.1. The minimum Gasteiger partial charge on any atom is -0.387 e. The monoisotopic (exact) mass is 435 g/mol. The number of nitrogens with two attached hydrogens (primary N) is 1. The van der Waals surface area contributed by atoms with Crippen LogP contribution in [0.25, 0.3) is 11.1 Å². The summed E-state index contributed by atoms with van der Waals surface area (Å²) < 4.78 is 22.5. The van der Waals surface area contributed by atoms with Crippen LogP contribution in [0.15, 0.2) is 41.3 Å². The molecule has 0 amide bonds. The van der Waals surface area contributed by atoms with Crippen LogP contribution in [0, 0.1) is 0 Å². The lowest BCUT2D eigenvalue weighted by molar-refractivity contribution is -0.0505. The molecule has 27 heavy (non-hydrogen) atoms. The molecular formula is C15H16Cl2N3O6P. The van der Waals surface area contributed by atoms with E-state index in [2.05, 4.69) is 4.98 Å². The third-order valence-corrected chi connectivity index (χ3v) is 5.10. The number of ether oxygens (including phenoxy) is 1. The van der Waals surface area contributed by atoms with Gasteiger partial charge in [0.25, 0.3) is 0 Å². The van der Waals surface area contributed by atoms with Crippen LogP contribution in [-0.4, -0.2) is 44.7 Å². The number of nitrogen functional groups attached to an aromatic ring is 1. The Labute approximate surface area is 163 Å². The quantitative estimate of drug-likeness (QED) is 0.603. The van der Waals surface area contributed by atoms with Gasteiger partial charge in [-0.1, -0.05) is 30.3 Å². The van der Waals surface area contributed by atoms with Gasteiger partial charge in [-0.25, -0.2) is 4.79 Å². The molecule has 1 aliphatic rings. The average Bonchev–Trinajstić information content (AvgIpc) is 2.88. The van der Waals surface area contributed by atoms with E-state index >= 15 is 0 Å². The molecule has 1 aromatic heterocycles. The standard InChI is InChI=1S/C15H16Cl2N3O6P/c16-27(17,24)25-7-10-11(21)12(22)14(26-10)20-6-9(13(18)19-15(20)23)8-4-2-1-3-5-8/h1-6,10-12,14,21-22H,7H2,(H2,18,19,23)/t10-,11?,12?,14-/m1/s1. The number of halogens is 2. The Kier molecular flexibility index (Phi) is 5.93. The second kappa shape index (κ2) is 7.89. The third kappa shape index (κ3) is 4.52. The van der Waals surface area contributed by atoms with Crippen molar-refractivity contribution in [2.75, 3.05) is 12.3 Å². The van der Waals surface area contributed by atoms with Crippen molar-refractivity contribution < 1.29 is 24.0 Å². The zero-order valence-electron chi connectivity index (χ0n) is 13.7. The van der Waals surface area contributed by atoms with Crippen LogP contribution in [0.1, 0.15) is 6.23 Å². The van der Waals surface area contributed by atoms with Crippen molar-refractivity contribution >= 4 is 34.4 Å². The molecule has 146 valence electrons. The van der Waals surface area contributed by atoms with Gasteiger partial charge in [-0.05, 0) is 28.0 Å². The third-order valence-electron chi connectivity index (χ3n) is 4.07. The summed E-state index contributed by atoms with van der Waals surface area (Å²) in [5.74, 6) is 0.0144. The maximum atomic E-state index is 12.3. The first-order chi connectivity index (χ1) is 12.7. The summed E-state index contributed by atoms with van der Waals surface area (Å²) in [5.41, 5.74) is 6.23. The minimum atomic E-state index is -3.85. The van der Waals surface area contributed by atoms with Gasteiger partial charge < -0.3 is 25.2 Å². The molecular weight excluding hydrogens is 420 g/mol. The fourth-order valence-corrected chi connectivity index (χ4v) is 3.42. The number of hydrogen-bond acceptors (Lipinski definition) is 8. The smallest absolute Gasteiger partial charge is 0.380 e. The van der Waals surface area contributed by atoms with Crippen LogP contribution in [-0.2, 0) is 13.8 Å². The van der Waals surface area contributed by atoms with Gasteiger partial charge in [-0.15, -0.1) is 0 Å². The highest BCUT2D eigenvalue weighted by Crippen LogP contribution is 2.57. The van der Waals surface area contributed by atoms with Crippen LogP contribution in [0.5, 0.6) is 0 Å². The lowest BCUT2D eigenvalue weighted by Crippen LogP contribution is -2.36. The summed E-state index contributed by atoms with van der Waals surface area (Å²) in [6.07, 6.45) is -7.74. The summed E-state index contributed by atoms with van der Waals surface area (Å²) in [6, 6.07) is 8.95. The van der Waals surface area contributed by atoms with Crippen LogP contribution >= 0.6 is 28.6 Å². The predicted molar refractivity (Wildman–Crippen MR) is 99.5 cm³/mol. The van der Waals surface area contributed by atoms with Crippen molar-refractivity contribution in [3.05, 3.63) is 47.0 Å². The first-order valence-electron chi connectivity index (χ1n) is 7.77. The highest BCUT2D eigenvalue weighted by atomic mass is 35.9. The molecule has 1 aliphatic heterocycles. The molecule has 4 atom stereocenters. The van der Waals surface area contributed by atoms with Gasteiger partial charge in [0.05, 0.1) is 6.61 Å². The second-order valence-electron chi connectivity index (χ2n) is 5.85. The summed E-state index contributed by atoms with van der Waals surface area (Å²) in [5, 5.41) is 20.4. The lowest BCUT2D eigenvalue weighted by atomic mass is 10.1. The van der Waals surface area contributed by atoms with Crippen molar-refractivity contribution in [2.45, 2.75) is 24.5 Å². The fourth-order valence-electron chi connectivity index (χ4n) is 2.76. The van der Waals surface area contributed by atoms with Gasteiger partial charge in [0.15, 0.2) is 6.23 Å². The molecule has 4 N–H and O–H groups in total. The highest BCUT2D eigenvalue weighted by molar-refractivity contribution is 8.05. The van der Waals surface area contributed by atoms with E-state index in [4.69, 9.17) is 37.5 Å². The largest absolute Gasteiger partial charge is 0.387 e. The number of aliphatic hydroxyl groups is 2. The number of nitrogens with zero attached hydrogens (tertiary/aromatic N) is 2. The fraction of sp³-hybridized carbons (Fsp3) is 0.333. The number of aliphatic hydroxyl groups excluding tert-OH is 2. The molecule has 1 saturated heterocycles. The van der Waals surface area contributed by atoms with Gasteiger partial charge >= 0.3 is 11.8 Å². The van der Waals surface area contributed by atoms with E-state index in [1.165, 1.54) is 6.20 Å². The van der Waals surface area contributed by atoms with Crippen molar-refractivity contribution in [3.8, 4) is 11.1 Å². The Morgan fingerprint density at radius 3 is 2.56 bits per heavy atom. The molecule has 1 fully saturated rings. The first kappa shape index (κ1) is 20.3. The summed E-state index contributed by atoms with van der Waals surface area (Å²) >= 11 is 10.6. The van der Waals surface area contributed by atoms with Gasteiger partial charge in [-0.2, -0.15) is 4.98 Å². The normalized spacial score (nSPS) is 25.6. The van der Waals surface area contributed by atoms with Crippen LogP contribution < -0.4 is 11.4 Å². The Balaban J connectivity index is 1.92. The van der Waals surface area contributed by atoms with Gasteiger partial charge in [0.1, 0.15) is 24.1 Å². The Morgan fingerprint density at radius 2 is 1.93 bits per heavy atom. The molecule has 3 rings (SSSR count). The van der Waals surface area contributed by atoms with E-state index in [0.717, 1.165) is 4.57 Å². The summed E-state index contributed by atoms with van der Waals surface area (Å²) in [4.78, 5) is 16.0. The minimum absolute atomic E-state index is 0.0144. The van der Waals surface area contributed by atoms with Crippen molar-refractivity contribution in [1.82, 2.24) is 9.55 Å². The van der Waals surface area contributed by atoms with E-state index in [9.17, 15) is 19.6 Å². The molecule has 1 aromatic carbocycles. The summed E-state index contributed by atoms with van der Waals surface area (Å²) in [7, 11) is 0. The lowest BCUT2D eigenvalue weighted by Gasteiger charge is -2.19. The predicted octanol–water partition coefficient (Wildman–Crippen LogP) is 1.71. The Hall–Kier alpha value is -1.45. The van der Waals surface area contributed by atoms with E-state index in [-0.39, 0.29) is 5.82 Å². The zero-order valence-corrected chi connectivity index (χ0v) is 16.1. The number of rotatable bonds is 5. The molecule has 0 radical (unpaired) electrons. The average molecular weight is 436 g/mol. The molecule has 0 spiro atoms. The highest BCUT2D eigenvalue weighted by Gasteiger charge is 2.45. The molecule has 2 unspecified atom stereocenters. The van der Waals surface area contributed by atoms with Crippen LogP contribution in [0.3, 0.4) is 0 Å². The Bertz CT molecular complexity index is 922. The molecule has 2 heterocycles. The van der Waals surface area contributed by atoms with Gasteiger partial charge in [0, 0.05) is 11.8 Å². The summed E-state index contributed by atoms with van der Waals surface area (Å²) in [6.45, 7) is -0.443. The van der Waals surface area contributed by atoms with E-state index < -0.39 is 42.9 Å². The maximum Gasteiger partial charge on any atom is 0.380 e. The molecule has 0 aliphatic carbocycles. The van der Waals surface area contributed by atoms with E-state index in [1.807, 2.05) is 6.07 Å². The van der Waals surface area contributed by atoms with E-state index in [0.29, 0.717) is 11.1 Å². The van der Waals surface area contributed by atoms with E-state index in [1.54, 1.807) is 24.3 Å².